The molecule has 4 atom stereocenters. The molecule has 73 heavy (non-hydrogen) atoms. The van der Waals surface area contributed by atoms with E-state index in [-0.39, 0.29) is 71.0 Å². The number of amides is 2. The predicted octanol–water partition coefficient (Wildman–Crippen LogP) is 9.99. The molecule has 0 aromatic heterocycles. The van der Waals surface area contributed by atoms with Crippen LogP contribution in [0.2, 0.25) is 15.1 Å². The highest BCUT2D eigenvalue weighted by atomic mass is 35.5. The van der Waals surface area contributed by atoms with Gasteiger partial charge in [-0.25, -0.2) is 8.78 Å². The number of carbonyl (C=O) groups is 2. The molecule has 4 aromatic carbocycles. The number of nitriles is 2. The summed E-state index contributed by atoms with van der Waals surface area (Å²) in [6.45, 7) is 16.9. The van der Waals surface area contributed by atoms with E-state index in [1.165, 1.54) is 24.3 Å². The van der Waals surface area contributed by atoms with Crippen LogP contribution in [0.3, 0.4) is 0 Å². The van der Waals surface area contributed by atoms with Gasteiger partial charge < -0.3 is 44.4 Å². The first kappa shape index (κ1) is 57.2. The van der Waals surface area contributed by atoms with Gasteiger partial charge in [0.05, 0.1) is 80.6 Å². The van der Waals surface area contributed by atoms with Gasteiger partial charge in [0.25, 0.3) is 5.91 Å². The van der Waals surface area contributed by atoms with Crippen LogP contribution in [-0.4, -0.2) is 102 Å². The Balaban J connectivity index is 0.840. The van der Waals surface area contributed by atoms with Gasteiger partial charge in [0.15, 0.2) is 0 Å². The summed E-state index contributed by atoms with van der Waals surface area (Å²) in [4.78, 5) is 27.3. The van der Waals surface area contributed by atoms with Gasteiger partial charge in [0, 0.05) is 57.6 Å². The van der Waals surface area contributed by atoms with Crippen LogP contribution in [0.5, 0.6) is 11.5 Å². The minimum absolute atomic E-state index is 0.00462. The molecule has 18 heteroatoms. The first-order valence-electron chi connectivity index (χ1n) is 24.2. The Labute approximate surface area is 442 Å². The van der Waals surface area contributed by atoms with Crippen LogP contribution >= 0.6 is 34.8 Å². The molecule has 1 saturated carbocycles. The number of hydrogen-bond acceptors (Lipinski definition) is 11. The Morgan fingerprint density at radius 1 is 0.753 bits per heavy atom. The van der Waals surface area contributed by atoms with Crippen LogP contribution in [0.25, 0.3) is 0 Å². The van der Waals surface area contributed by atoms with Crippen molar-refractivity contribution in [1.82, 2.24) is 16.0 Å². The van der Waals surface area contributed by atoms with E-state index in [1.54, 1.807) is 48.5 Å². The zero-order valence-corrected chi connectivity index (χ0v) is 44.5. The van der Waals surface area contributed by atoms with E-state index in [1.807, 2.05) is 20.8 Å². The zero-order chi connectivity index (χ0) is 53.1. The van der Waals surface area contributed by atoms with Crippen LogP contribution in [0.15, 0.2) is 78.9 Å². The SMILES string of the molecule is CC(C)(C)C[C@@H]1N[C@@H](C(=O)NCCOCCOCCOCCOCCOc2ccc(C(=O)N[C@H]3C(C)(C)[C@H](Oc4ccc(C#N)c(Cl)c4)C3(C)C)cc2)[C@H](c2cccc(Cl)c2F)[C@@]1(C#N)c1ccc(Cl)cc1F. The Kier molecular flexibility index (Phi) is 19.6. The minimum atomic E-state index is -1.72. The Morgan fingerprint density at radius 3 is 1.93 bits per heavy atom. The predicted molar refractivity (Wildman–Crippen MR) is 275 cm³/mol. The second-order valence-electron chi connectivity index (χ2n) is 20.6. The molecule has 1 aliphatic heterocycles. The third-order valence-corrected chi connectivity index (χ3v) is 14.3. The third kappa shape index (κ3) is 13.6. The zero-order valence-electron chi connectivity index (χ0n) is 42.2. The summed E-state index contributed by atoms with van der Waals surface area (Å²) < 4.78 is 66.4. The number of ether oxygens (including phenoxy) is 6. The van der Waals surface area contributed by atoms with Crippen molar-refractivity contribution >= 4 is 46.6 Å². The lowest BCUT2D eigenvalue weighted by Crippen LogP contribution is -2.74. The van der Waals surface area contributed by atoms with Crippen LogP contribution < -0.4 is 25.4 Å². The molecule has 1 heterocycles. The monoisotopic (exact) mass is 1070 g/mol. The van der Waals surface area contributed by atoms with Crippen molar-refractivity contribution in [1.29, 1.82) is 10.5 Å². The van der Waals surface area contributed by atoms with E-state index in [2.05, 4.69) is 55.8 Å². The first-order valence-corrected chi connectivity index (χ1v) is 25.3. The van der Waals surface area contributed by atoms with Gasteiger partial charge in [-0.2, -0.15) is 10.5 Å². The van der Waals surface area contributed by atoms with Crippen molar-refractivity contribution in [2.24, 2.45) is 16.2 Å². The fraction of sp³-hybridized carbons (Fsp3) is 0.491. The van der Waals surface area contributed by atoms with E-state index in [9.17, 15) is 20.1 Å². The molecule has 0 spiro atoms. The number of nitrogens with zero attached hydrogens (tertiary/aromatic N) is 2. The van der Waals surface area contributed by atoms with Crippen LogP contribution in [0.4, 0.5) is 8.78 Å². The highest BCUT2D eigenvalue weighted by Crippen LogP contribution is 2.56. The number of rotatable bonds is 24. The topological polar surface area (TPSA) is 173 Å². The first-order chi connectivity index (χ1) is 34.6. The Morgan fingerprint density at radius 2 is 1.36 bits per heavy atom. The Bertz CT molecular complexity index is 2620. The molecule has 2 aliphatic rings. The molecule has 2 amide bonds. The standard InChI is InChI=1S/C55H64Cl3F2N5O8/c1-52(2,3)31-44-55(33-62,40-18-14-36(56)29-43(40)59)45(39-9-8-10-41(57)46(39)60)47(64-44)49(67)63-19-20-68-21-22-69-23-24-70-25-26-71-27-28-72-37-15-11-34(12-16-37)48(66)65-50-53(4,5)51(54(50,6)7)73-38-17-13-35(32-61)42(58)30-38/h8-18,29-30,44-45,47,50-51,64H,19-28,31H2,1-7H3,(H,63,67)(H,65,66)/t44-,45-,47+,50-,51-,55-/m0/s1. The molecule has 6 rings (SSSR count). The van der Waals surface area contributed by atoms with Gasteiger partial charge in [0.1, 0.15) is 47.3 Å². The molecular formula is C55H64Cl3F2N5O8. The van der Waals surface area contributed by atoms with E-state index in [0.29, 0.717) is 73.7 Å². The number of hydrogen-bond donors (Lipinski definition) is 3. The minimum Gasteiger partial charge on any atom is -0.491 e. The molecule has 4 aromatic rings. The lowest BCUT2D eigenvalue weighted by Gasteiger charge is -2.63. The fourth-order valence-electron chi connectivity index (χ4n) is 10.4. The van der Waals surface area contributed by atoms with Gasteiger partial charge in [-0.3, -0.25) is 9.59 Å². The van der Waals surface area contributed by atoms with Crippen molar-refractivity contribution in [3.05, 3.63) is 128 Å². The van der Waals surface area contributed by atoms with Crippen molar-refractivity contribution in [3.63, 3.8) is 0 Å². The van der Waals surface area contributed by atoms with Crippen LogP contribution in [0, 0.1) is 50.5 Å². The summed E-state index contributed by atoms with van der Waals surface area (Å²) in [6, 6.07) is 22.7. The van der Waals surface area contributed by atoms with E-state index in [4.69, 9.17) is 63.2 Å². The summed E-state index contributed by atoms with van der Waals surface area (Å²) in [5.74, 6) is -2.23. The maximum Gasteiger partial charge on any atom is 0.251 e. The summed E-state index contributed by atoms with van der Waals surface area (Å²) in [7, 11) is 0. The lowest BCUT2D eigenvalue weighted by molar-refractivity contribution is -0.164. The van der Waals surface area contributed by atoms with Crippen molar-refractivity contribution in [2.75, 3.05) is 66.0 Å². The number of nitrogens with one attached hydrogen (secondary N) is 3. The van der Waals surface area contributed by atoms with Gasteiger partial charge in [-0.15, -0.1) is 0 Å². The average molecular weight is 1070 g/mol. The molecule has 0 radical (unpaired) electrons. The van der Waals surface area contributed by atoms with Gasteiger partial charge in [-0.05, 0) is 72.0 Å². The maximum atomic E-state index is 15.9. The van der Waals surface area contributed by atoms with Gasteiger partial charge in [0.2, 0.25) is 5.91 Å². The summed E-state index contributed by atoms with van der Waals surface area (Å²) >= 11 is 18.6. The van der Waals surface area contributed by atoms with Gasteiger partial charge in [-0.1, -0.05) is 101 Å². The second-order valence-corrected chi connectivity index (χ2v) is 21.9. The lowest BCUT2D eigenvalue weighted by atomic mass is 9.49. The number of benzene rings is 4. The quantitative estimate of drug-likeness (QED) is 0.0570. The van der Waals surface area contributed by atoms with Crippen molar-refractivity contribution in [2.45, 2.75) is 90.4 Å². The molecular weight excluding hydrogens is 1000 g/mol. The van der Waals surface area contributed by atoms with Gasteiger partial charge >= 0.3 is 0 Å². The highest BCUT2D eigenvalue weighted by molar-refractivity contribution is 6.32. The van der Waals surface area contributed by atoms with Crippen LogP contribution in [-0.2, 0) is 29.2 Å². The normalized spacial score (nSPS) is 21.9. The average Bonchev–Trinajstić information content (AvgIpc) is 3.65. The van der Waals surface area contributed by atoms with E-state index < -0.39 is 51.8 Å². The fourth-order valence-corrected chi connectivity index (χ4v) is 11.0. The third-order valence-electron chi connectivity index (χ3n) is 13.4. The number of carbonyl (C=O) groups excluding carboxylic acids is 2. The summed E-state index contributed by atoms with van der Waals surface area (Å²) in [6.07, 6.45) is 0.137. The molecule has 392 valence electrons. The van der Waals surface area contributed by atoms with Crippen molar-refractivity contribution < 1.29 is 46.8 Å². The molecule has 1 saturated heterocycles. The second kappa shape index (κ2) is 25.0. The Hall–Kier alpha value is -5.07. The molecule has 0 unspecified atom stereocenters. The highest BCUT2D eigenvalue weighted by Gasteiger charge is 2.64. The summed E-state index contributed by atoms with van der Waals surface area (Å²) in [5.41, 5.74) is -1.98. The van der Waals surface area contributed by atoms with E-state index in [0.717, 1.165) is 6.07 Å². The number of halogens is 5. The molecule has 0 bridgehead atoms. The smallest absolute Gasteiger partial charge is 0.251 e. The largest absolute Gasteiger partial charge is 0.491 e. The molecule has 3 N–H and O–H groups in total. The maximum absolute atomic E-state index is 15.9. The molecule has 2 fully saturated rings. The summed E-state index contributed by atoms with van der Waals surface area (Å²) in [5, 5.41) is 29.8. The molecule has 1 aliphatic carbocycles. The van der Waals surface area contributed by atoms with Crippen LogP contribution in [0.1, 0.15) is 87.9 Å². The van der Waals surface area contributed by atoms with E-state index >= 15 is 8.78 Å². The van der Waals surface area contributed by atoms with Crippen molar-refractivity contribution in [3.8, 4) is 23.6 Å². The molecule has 13 nitrogen and oxygen atoms in total.